The van der Waals surface area contributed by atoms with Gasteiger partial charge in [-0.25, -0.2) is 0 Å². The van der Waals surface area contributed by atoms with Gasteiger partial charge >= 0.3 is 0 Å². The van der Waals surface area contributed by atoms with Crippen molar-refractivity contribution in [2.24, 2.45) is 0 Å². The summed E-state index contributed by atoms with van der Waals surface area (Å²) < 4.78 is 10.5. The average Bonchev–Trinajstić information content (AvgIpc) is 3.15. The minimum atomic E-state index is -0.418. The van der Waals surface area contributed by atoms with Crippen LogP contribution in [-0.2, 0) is 16.0 Å². The predicted molar refractivity (Wildman–Crippen MR) is 108 cm³/mol. The Bertz CT molecular complexity index is 785. The Labute approximate surface area is 171 Å². The fourth-order valence-corrected chi connectivity index (χ4v) is 3.08. The molecule has 1 aromatic carbocycles. The first-order valence-corrected chi connectivity index (χ1v) is 9.69. The average molecular weight is 400 g/mol. The summed E-state index contributed by atoms with van der Waals surface area (Å²) in [5.41, 5.74) is 1.07. The van der Waals surface area contributed by atoms with E-state index >= 15 is 0 Å². The van der Waals surface area contributed by atoms with Crippen LogP contribution in [0.5, 0.6) is 11.5 Å². The summed E-state index contributed by atoms with van der Waals surface area (Å²) >= 11 is 0. The molecule has 8 nitrogen and oxygen atoms in total. The molecule has 2 amide bonds. The summed E-state index contributed by atoms with van der Waals surface area (Å²) in [5, 5.41) is 14.9. The zero-order valence-electron chi connectivity index (χ0n) is 17.0. The molecule has 29 heavy (non-hydrogen) atoms. The number of likely N-dealkylation sites (tertiary alicyclic amines) is 1. The monoisotopic (exact) mass is 400 g/mol. The molecule has 156 valence electrons. The van der Waals surface area contributed by atoms with Crippen LogP contribution in [0.3, 0.4) is 0 Å². The van der Waals surface area contributed by atoms with Crippen molar-refractivity contribution in [2.75, 3.05) is 40.4 Å². The summed E-state index contributed by atoms with van der Waals surface area (Å²) in [6.07, 6.45) is 4.31. The zero-order valence-corrected chi connectivity index (χ0v) is 17.0. The van der Waals surface area contributed by atoms with Gasteiger partial charge in [-0.3, -0.25) is 9.59 Å². The molecule has 0 spiro atoms. The number of ether oxygens (including phenoxy) is 2. The molecule has 8 heteroatoms. The van der Waals surface area contributed by atoms with E-state index in [0.717, 1.165) is 18.5 Å². The van der Waals surface area contributed by atoms with Crippen LogP contribution in [-0.4, -0.2) is 57.1 Å². The van der Waals surface area contributed by atoms with Gasteiger partial charge in [0.05, 0.1) is 14.2 Å². The normalized spacial score (nSPS) is 13.8. The number of amides is 2. The van der Waals surface area contributed by atoms with Crippen molar-refractivity contribution in [3.8, 4) is 17.6 Å². The van der Waals surface area contributed by atoms with E-state index in [1.165, 1.54) is 6.20 Å². The van der Waals surface area contributed by atoms with E-state index in [-0.39, 0.29) is 11.5 Å². The van der Waals surface area contributed by atoms with Gasteiger partial charge in [0.1, 0.15) is 11.6 Å². The van der Waals surface area contributed by atoms with E-state index in [0.29, 0.717) is 50.4 Å². The molecule has 0 radical (unpaired) electrons. The minimum Gasteiger partial charge on any atom is -0.493 e. The second-order valence-corrected chi connectivity index (χ2v) is 6.66. The maximum absolute atomic E-state index is 12.1. The molecule has 2 N–H and O–H groups in total. The van der Waals surface area contributed by atoms with Crippen molar-refractivity contribution in [1.29, 1.82) is 5.26 Å². The highest BCUT2D eigenvalue weighted by Gasteiger charge is 2.19. The Balaban J connectivity index is 1.72. The number of methoxy groups -OCH3 is 2. The lowest BCUT2D eigenvalue weighted by Crippen LogP contribution is -2.31. The van der Waals surface area contributed by atoms with E-state index in [9.17, 15) is 14.9 Å². The lowest BCUT2D eigenvalue weighted by Gasteiger charge is -2.15. The molecular weight excluding hydrogens is 372 g/mol. The first kappa shape index (κ1) is 22.1. The Kier molecular flexibility index (Phi) is 8.83. The van der Waals surface area contributed by atoms with Gasteiger partial charge in [-0.2, -0.15) is 5.26 Å². The van der Waals surface area contributed by atoms with Gasteiger partial charge in [-0.05, 0) is 37.0 Å². The maximum atomic E-state index is 12.1. The van der Waals surface area contributed by atoms with Gasteiger partial charge in [-0.15, -0.1) is 0 Å². The standard InChI is InChI=1S/C21H28N4O4/c1-28-18-7-6-16(13-19(18)29-2)8-10-23-15-17(14-22)21(27)24-9-4-12-25-11-3-5-20(25)26/h6-7,13,15,23H,3-5,8-12H2,1-2H3,(H,24,27)/b17-15-. The smallest absolute Gasteiger partial charge is 0.263 e. The lowest BCUT2D eigenvalue weighted by molar-refractivity contribution is -0.127. The zero-order chi connectivity index (χ0) is 21.1. The minimum absolute atomic E-state index is 0.0227. The molecular formula is C21H28N4O4. The number of hydrogen-bond donors (Lipinski definition) is 2. The number of carbonyl (C=O) groups is 2. The number of carbonyl (C=O) groups excluding carboxylic acids is 2. The molecule has 1 saturated heterocycles. The van der Waals surface area contributed by atoms with E-state index < -0.39 is 5.91 Å². The summed E-state index contributed by atoms with van der Waals surface area (Å²) in [6, 6.07) is 7.59. The number of nitrogens with zero attached hydrogens (tertiary/aromatic N) is 2. The van der Waals surface area contributed by atoms with Crippen LogP contribution in [0, 0.1) is 11.3 Å². The van der Waals surface area contributed by atoms with Gasteiger partial charge < -0.3 is 25.0 Å². The lowest BCUT2D eigenvalue weighted by atomic mass is 10.1. The van der Waals surface area contributed by atoms with Crippen molar-refractivity contribution < 1.29 is 19.1 Å². The van der Waals surface area contributed by atoms with Crippen molar-refractivity contribution >= 4 is 11.8 Å². The number of benzene rings is 1. The van der Waals surface area contributed by atoms with Crippen LogP contribution in [0.25, 0.3) is 0 Å². The highest BCUT2D eigenvalue weighted by atomic mass is 16.5. The largest absolute Gasteiger partial charge is 0.493 e. The highest BCUT2D eigenvalue weighted by Crippen LogP contribution is 2.27. The highest BCUT2D eigenvalue weighted by molar-refractivity contribution is 5.97. The summed E-state index contributed by atoms with van der Waals surface area (Å²) in [7, 11) is 3.17. The van der Waals surface area contributed by atoms with Gasteiger partial charge in [0, 0.05) is 38.8 Å². The Morgan fingerprint density at radius 3 is 2.72 bits per heavy atom. The fraction of sp³-hybridized carbons (Fsp3) is 0.476. The molecule has 0 aliphatic carbocycles. The fourth-order valence-electron chi connectivity index (χ4n) is 3.08. The summed E-state index contributed by atoms with van der Waals surface area (Å²) in [5.74, 6) is 1.08. The second-order valence-electron chi connectivity index (χ2n) is 6.66. The third-order valence-electron chi connectivity index (χ3n) is 4.68. The third kappa shape index (κ3) is 6.71. The first-order valence-electron chi connectivity index (χ1n) is 9.69. The molecule has 0 atom stereocenters. The van der Waals surface area contributed by atoms with Crippen LogP contribution in [0.15, 0.2) is 30.0 Å². The molecule has 1 aliphatic rings. The molecule has 0 aromatic heterocycles. The van der Waals surface area contributed by atoms with Crippen molar-refractivity contribution in [2.45, 2.75) is 25.7 Å². The van der Waals surface area contributed by atoms with Crippen molar-refractivity contribution in [3.05, 3.63) is 35.5 Å². The number of hydrogen-bond acceptors (Lipinski definition) is 6. The topological polar surface area (TPSA) is 104 Å². The molecule has 1 aromatic rings. The molecule has 1 fully saturated rings. The quantitative estimate of drug-likeness (QED) is 0.330. The van der Waals surface area contributed by atoms with Crippen LogP contribution >= 0.6 is 0 Å². The predicted octanol–water partition coefficient (Wildman–Crippen LogP) is 1.37. The SMILES string of the molecule is COc1ccc(CCN/C=C(/C#N)C(=O)NCCCN2CCCC2=O)cc1OC. The number of rotatable bonds is 11. The van der Waals surface area contributed by atoms with E-state index in [1.54, 1.807) is 14.2 Å². The van der Waals surface area contributed by atoms with Gasteiger partial charge in [-0.1, -0.05) is 6.07 Å². The van der Waals surface area contributed by atoms with Gasteiger partial charge in [0.25, 0.3) is 5.91 Å². The first-order chi connectivity index (χ1) is 14.1. The Hall–Kier alpha value is -3.21. The second kappa shape index (κ2) is 11.6. The van der Waals surface area contributed by atoms with E-state index in [4.69, 9.17) is 9.47 Å². The van der Waals surface area contributed by atoms with E-state index in [2.05, 4.69) is 10.6 Å². The van der Waals surface area contributed by atoms with Crippen LogP contribution in [0.4, 0.5) is 0 Å². The molecule has 2 rings (SSSR count). The Morgan fingerprint density at radius 1 is 1.28 bits per heavy atom. The molecule has 0 bridgehead atoms. The van der Waals surface area contributed by atoms with Crippen molar-refractivity contribution in [1.82, 2.24) is 15.5 Å². The van der Waals surface area contributed by atoms with Crippen LogP contribution < -0.4 is 20.1 Å². The number of nitrogens with one attached hydrogen (secondary N) is 2. The van der Waals surface area contributed by atoms with Crippen LogP contribution in [0.1, 0.15) is 24.8 Å². The van der Waals surface area contributed by atoms with Gasteiger partial charge in [0.15, 0.2) is 11.5 Å². The summed E-state index contributed by atoms with van der Waals surface area (Å²) in [6.45, 7) is 2.41. The maximum Gasteiger partial charge on any atom is 0.263 e. The van der Waals surface area contributed by atoms with Crippen LogP contribution in [0.2, 0.25) is 0 Å². The molecule has 0 unspecified atom stereocenters. The third-order valence-corrected chi connectivity index (χ3v) is 4.68. The Morgan fingerprint density at radius 2 is 2.07 bits per heavy atom. The number of nitriles is 1. The summed E-state index contributed by atoms with van der Waals surface area (Å²) in [4.78, 5) is 25.4. The molecule has 1 heterocycles. The van der Waals surface area contributed by atoms with E-state index in [1.807, 2.05) is 29.2 Å². The molecule has 0 saturated carbocycles. The van der Waals surface area contributed by atoms with Crippen molar-refractivity contribution in [3.63, 3.8) is 0 Å². The van der Waals surface area contributed by atoms with Gasteiger partial charge in [0.2, 0.25) is 5.91 Å². The molecule has 1 aliphatic heterocycles.